The van der Waals surface area contributed by atoms with E-state index in [2.05, 4.69) is 31.9 Å². The molecule has 2 N–H and O–H groups in total. The summed E-state index contributed by atoms with van der Waals surface area (Å²) in [5.41, 5.74) is 8.35. The van der Waals surface area contributed by atoms with Crippen molar-refractivity contribution >= 4 is 43.5 Å². The van der Waals surface area contributed by atoms with E-state index in [0.717, 1.165) is 32.2 Å². The van der Waals surface area contributed by atoms with E-state index in [1.54, 1.807) is 0 Å². The summed E-state index contributed by atoms with van der Waals surface area (Å²) in [6, 6.07) is 11.8. The summed E-state index contributed by atoms with van der Waals surface area (Å²) < 4.78 is 7.96. The molecular weight excluding hydrogens is 405 g/mol. The Kier molecular flexibility index (Phi) is 4.09. The zero-order valence-electron chi connectivity index (χ0n) is 10.4. The average molecular weight is 418 g/mol. The lowest BCUT2D eigenvalue weighted by atomic mass is 9.94. The largest absolute Gasteiger partial charge is 0.485 e. The fourth-order valence-corrected chi connectivity index (χ4v) is 3.21. The van der Waals surface area contributed by atoms with Gasteiger partial charge in [-0.05, 0) is 51.8 Å². The Morgan fingerprint density at radius 2 is 1.95 bits per heavy atom. The summed E-state index contributed by atoms with van der Waals surface area (Å²) in [6.45, 7) is 0. The Labute approximate surface area is 139 Å². The maximum absolute atomic E-state index is 6.27. The minimum atomic E-state index is -0.0655. The molecule has 1 heterocycles. The zero-order chi connectivity index (χ0) is 14.3. The first-order valence-electron chi connectivity index (χ1n) is 6.21. The number of benzene rings is 2. The summed E-state index contributed by atoms with van der Waals surface area (Å²) >= 11 is 13.0. The molecule has 0 bridgehead atoms. The number of ether oxygens (including phenoxy) is 1. The van der Waals surface area contributed by atoms with Crippen LogP contribution in [0.5, 0.6) is 5.75 Å². The van der Waals surface area contributed by atoms with Crippen molar-refractivity contribution in [3.05, 3.63) is 61.5 Å². The minimum absolute atomic E-state index is 0.0383. The summed E-state index contributed by atoms with van der Waals surface area (Å²) in [5, 5.41) is 0.682. The molecule has 0 radical (unpaired) electrons. The van der Waals surface area contributed by atoms with Crippen molar-refractivity contribution < 1.29 is 4.74 Å². The van der Waals surface area contributed by atoms with E-state index in [1.807, 2.05) is 36.4 Å². The van der Waals surface area contributed by atoms with Gasteiger partial charge in [0.1, 0.15) is 11.9 Å². The second kappa shape index (κ2) is 5.68. The van der Waals surface area contributed by atoms with E-state index in [9.17, 15) is 0 Å². The lowest BCUT2D eigenvalue weighted by Gasteiger charge is -2.30. The molecule has 1 aliphatic rings. The molecule has 0 saturated carbocycles. The molecule has 0 aliphatic carbocycles. The fourth-order valence-electron chi connectivity index (χ4n) is 2.39. The molecule has 5 heteroatoms. The van der Waals surface area contributed by atoms with Crippen LogP contribution in [0.1, 0.15) is 29.7 Å². The number of nitrogens with two attached hydrogens (primary N) is 1. The Hall–Kier alpha value is -0.550. The van der Waals surface area contributed by atoms with Gasteiger partial charge in [0, 0.05) is 27.0 Å². The molecule has 2 aromatic rings. The molecular formula is C15H12Br2ClNO. The standard InChI is InChI=1S/C15H12Br2ClNO/c16-9-2-4-14-10(6-9)13(19)7-15(20-14)8-1-3-11(17)12(18)5-8/h1-6,13,15H,7,19H2/t13-,15?/m1/s1. The quantitative estimate of drug-likeness (QED) is 0.675. The van der Waals surface area contributed by atoms with Crippen molar-refractivity contribution in [1.82, 2.24) is 0 Å². The first kappa shape index (κ1) is 14.4. The van der Waals surface area contributed by atoms with Crippen LogP contribution >= 0.6 is 43.5 Å². The summed E-state index contributed by atoms with van der Waals surface area (Å²) in [5.74, 6) is 0.844. The van der Waals surface area contributed by atoms with Crippen LogP contribution in [0.4, 0.5) is 0 Å². The van der Waals surface area contributed by atoms with Gasteiger partial charge in [-0.1, -0.05) is 33.6 Å². The maximum Gasteiger partial charge on any atom is 0.126 e. The van der Waals surface area contributed by atoms with E-state index in [0.29, 0.717) is 5.02 Å². The molecule has 1 unspecified atom stereocenters. The highest BCUT2D eigenvalue weighted by Crippen LogP contribution is 2.41. The van der Waals surface area contributed by atoms with Gasteiger partial charge in [0.2, 0.25) is 0 Å². The van der Waals surface area contributed by atoms with E-state index >= 15 is 0 Å². The van der Waals surface area contributed by atoms with E-state index in [1.165, 1.54) is 0 Å². The summed E-state index contributed by atoms with van der Waals surface area (Å²) in [7, 11) is 0. The van der Waals surface area contributed by atoms with Crippen molar-refractivity contribution in [1.29, 1.82) is 0 Å². The van der Waals surface area contributed by atoms with Crippen LogP contribution in [-0.4, -0.2) is 0 Å². The summed E-state index contributed by atoms with van der Waals surface area (Å²) in [6.07, 6.45) is 0.672. The Morgan fingerprint density at radius 3 is 2.70 bits per heavy atom. The molecule has 2 aromatic carbocycles. The third-order valence-corrected chi connectivity index (χ3v) is 5.15. The molecule has 0 fully saturated rings. The van der Waals surface area contributed by atoms with Crippen LogP contribution in [0.15, 0.2) is 45.3 Å². The molecule has 20 heavy (non-hydrogen) atoms. The highest BCUT2D eigenvalue weighted by Gasteiger charge is 2.27. The van der Waals surface area contributed by atoms with E-state index < -0.39 is 0 Å². The number of fused-ring (bicyclic) bond motifs is 1. The van der Waals surface area contributed by atoms with Gasteiger partial charge in [0.25, 0.3) is 0 Å². The van der Waals surface area contributed by atoms with Crippen molar-refractivity contribution in [2.75, 3.05) is 0 Å². The van der Waals surface area contributed by atoms with Crippen molar-refractivity contribution in [2.24, 2.45) is 5.73 Å². The third kappa shape index (κ3) is 2.75. The van der Waals surface area contributed by atoms with Crippen molar-refractivity contribution in [2.45, 2.75) is 18.6 Å². The molecule has 0 saturated heterocycles. The third-order valence-electron chi connectivity index (χ3n) is 3.42. The van der Waals surface area contributed by atoms with Crippen LogP contribution in [-0.2, 0) is 0 Å². The molecule has 0 aromatic heterocycles. The normalized spacial score (nSPS) is 21.2. The molecule has 104 valence electrons. The van der Waals surface area contributed by atoms with Crippen LogP contribution in [0.3, 0.4) is 0 Å². The smallest absolute Gasteiger partial charge is 0.126 e. The molecule has 0 spiro atoms. The van der Waals surface area contributed by atoms with Crippen LogP contribution in [0.2, 0.25) is 5.02 Å². The first-order valence-corrected chi connectivity index (χ1v) is 8.17. The van der Waals surface area contributed by atoms with Gasteiger partial charge in [-0.2, -0.15) is 0 Å². The topological polar surface area (TPSA) is 35.2 Å². The highest BCUT2D eigenvalue weighted by molar-refractivity contribution is 9.10. The first-order chi connectivity index (χ1) is 9.54. The number of halogens is 3. The highest BCUT2D eigenvalue weighted by atomic mass is 79.9. The van der Waals surface area contributed by atoms with Gasteiger partial charge in [0.15, 0.2) is 0 Å². The molecule has 2 atom stereocenters. The predicted octanol–water partition coefficient (Wildman–Crippen LogP) is 5.39. The van der Waals surface area contributed by atoms with Gasteiger partial charge in [-0.25, -0.2) is 0 Å². The fraction of sp³-hybridized carbons (Fsp3) is 0.200. The SMILES string of the molecule is N[C@@H]1CC(c2ccc(Br)c(Cl)c2)Oc2ccc(Br)cc21. The molecule has 3 rings (SSSR count). The molecule has 0 amide bonds. The van der Waals surface area contributed by atoms with Gasteiger partial charge in [0.05, 0.1) is 5.02 Å². The lowest BCUT2D eigenvalue weighted by Crippen LogP contribution is -2.24. The Balaban J connectivity index is 1.94. The lowest BCUT2D eigenvalue weighted by molar-refractivity contribution is 0.161. The Bertz CT molecular complexity index is 662. The van der Waals surface area contributed by atoms with E-state index in [4.69, 9.17) is 22.1 Å². The molecule has 1 aliphatic heterocycles. The maximum atomic E-state index is 6.27. The number of hydrogen-bond acceptors (Lipinski definition) is 2. The van der Waals surface area contributed by atoms with Crippen LogP contribution in [0.25, 0.3) is 0 Å². The van der Waals surface area contributed by atoms with Crippen molar-refractivity contribution in [3.63, 3.8) is 0 Å². The van der Waals surface area contributed by atoms with Crippen LogP contribution in [0, 0.1) is 0 Å². The van der Waals surface area contributed by atoms with Gasteiger partial charge in [-0.3, -0.25) is 0 Å². The monoisotopic (exact) mass is 415 g/mol. The van der Waals surface area contributed by atoms with Gasteiger partial charge in [-0.15, -0.1) is 0 Å². The van der Waals surface area contributed by atoms with E-state index in [-0.39, 0.29) is 12.1 Å². The predicted molar refractivity (Wildman–Crippen MR) is 88.2 cm³/mol. The number of rotatable bonds is 1. The second-order valence-electron chi connectivity index (χ2n) is 4.80. The zero-order valence-corrected chi connectivity index (χ0v) is 14.4. The average Bonchev–Trinajstić information content (AvgIpc) is 2.42. The minimum Gasteiger partial charge on any atom is -0.485 e. The van der Waals surface area contributed by atoms with Gasteiger partial charge >= 0.3 is 0 Å². The van der Waals surface area contributed by atoms with Gasteiger partial charge < -0.3 is 10.5 Å². The Morgan fingerprint density at radius 1 is 1.15 bits per heavy atom. The summed E-state index contributed by atoms with van der Waals surface area (Å²) in [4.78, 5) is 0. The number of hydrogen-bond donors (Lipinski definition) is 1. The molecule has 2 nitrogen and oxygen atoms in total. The van der Waals surface area contributed by atoms with Crippen molar-refractivity contribution in [3.8, 4) is 5.75 Å². The second-order valence-corrected chi connectivity index (χ2v) is 6.98. The van der Waals surface area contributed by atoms with Crippen LogP contribution < -0.4 is 10.5 Å².